The summed E-state index contributed by atoms with van der Waals surface area (Å²) in [5.41, 5.74) is 7.16. The molecular formula is C13H22N4O. The maximum absolute atomic E-state index is 12.2. The molecule has 1 amide bonds. The standard InChI is InChI=1S/C13H22N4O/c1-5-11-8-10(9-12(14)15-11)13(18)17(4)7-6-16(2)3/h8-9H,5-7H2,1-4H3,(H2,14,15). The maximum atomic E-state index is 12.2. The van der Waals surface area contributed by atoms with Crippen LogP contribution in [0, 0.1) is 0 Å². The molecule has 0 unspecified atom stereocenters. The van der Waals surface area contributed by atoms with E-state index >= 15 is 0 Å². The van der Waals surface area contributed by atoms with Crippen LogP contribution in [0.5, 0.6) is 0 Å². The van der Waals surface area contributed by atoms with E-state index in [0.717, 1.165) is 18.7 Å². The summed E-state index contributed by atoms with van der Waals surface area (Å²) in [5.74, 6) is 0.388. The van der Waals surface area contributed by atoms with Gasteiger partial charge in [0.15, 0.2) is 0 Å². The van der Waals surface area contributed by atoms with E-state index in [4.69, 9.17) is 5.73 Å². The molecule has 0 aromatic carbocycles. The van der Waals surface area contributed by atoms with Crippen molar-refractivity contribution in [1.82, 2.24) is 14.8 Å². The van der Waals surface area contributed by atoms with E-state index in [-0.39, 0.29) is 5.91 Å². The minimum Gasteiger partial charge on any atom is -0.384 e. The molecule has 1 aromatic heterocycles. The average Bonchev–Trinajstić information content (AvgIpc) is 2.34. The molecule has 0 aliphatic heterocycles. The van der Waals surface area contributed by atoms with Gasteiger partial charge in [-0.05, 0) is 32.6 Å². The van der Waals surface area contributed by atoms with Crippen molar-refractivity contribution in [2.24, 2.45) is 0 Å². The first kappa shape index (κ1) is 14.4. The van der Waals surface area contributed by atoms with E-state index in [9.17, 15) is 4.79 Å². The van der Waals surface area contributed by atoms with E-state index in [2.05, 4.69) is 4.98 Å². The van der Waals surface area contributed by atoms with Crippen LogP contribution in [0.3, 0.4) is 0 Å². The first-order valence-electron chi connectivity index (χ1n) is 6.10. The van der Waals surface area contributed by atoms with Crippen molar-refractivity contribution in [2.45, 2.75) is 13.3 Å². The molecule has 0 saturated carbocycles. The fourth-order valence-corrected chi connectivity index (χ4v) is 1.59. The molecule has 1 rings (SSSR count). The molecule has 0 saturated heterocycles. The number of hydrogen-bond acceptors (Lipinski definition) is 4. The molecule has 0 atom stereocenters. The molecule has 0 radical (unpaired) electrons. The van der Waals surface area contributed by atoms with Crippen molar-refractivity contribution in [3.05, 3.63) is 23.4 Å². The molecule has 5 nitrogen and oxygen atoms in total. The Labute approximate surface area is 109 Å². The van der Waals surface area contributed by atoms with E-state index in [0.29, 0.717) is 17.9 Å². The number of carbonyl (C=O) groups is 1. The van der Waals surface area contributed by atoms with Crippen molar-refractivity contribution in [2.75, 3.05) is 40.0 Å². The topological polar surface area (TPSA) is 62.5 Å². The minimum absolute atomic E-state index is 0.0133. The number of nitrogens with two attached hydrogens (primary N) is 1. The minimum atomic E-state index is -0.0133. The Hall–Kier alpha value is -1.62. The van der Waals surface area contributed by atoms with Crippen LogP contribution in [-0.4, -0.2) is 54.9 Å². The Morgan fingerprint density at radius 1 is 1.28 bits per heavy atom. The van der Waals surface area contributed by atoms with Gasteiger partial charge in [-0.3, -0.25) is 4.79 Å². The molecule has 0 bridgehead atoms. The first-order chi connectivity index (χ1) is 8.43. The van der Waals surface area contributed by atoms with E-state index in [1.807, 2.05) is 32.0 Å². The summed E-state index contributed by atoms with van der Waals surface area (Å²) < 4.78 is 0. The summed E-state index contributed by atoms with van der Waals surface area (Å²) in [7, 11) is 5.77. The summed E-state index contributed by atoms with van der Waals surface area (Å²) in [4.78, 5) is 20.1. The van der Waals surface area contributed by atoms with Gasteiger partial charge in [-0.2, -0.15) is 0 Å². The number of anilines is 1. The third-order valence-corrected chi connectivity index (χ3v) is 2.74. The van der Waals surface area contributed by atoms with E-state index in [1.54, 1.807) is 18.0 Å². The molecule has 5 heteroatoms. The molecule has 100 valence electrons. The molecule has 0 spiro atoms. The van der Waals surface area contributed by atoms with Gasteiger partial charge in [-0.15, -0.1) is 0 Å². The number of hydrogen-bond donors (Lipinski definition) is 1. The molecule has 18 heavy (non-hydrogen) atoms. The molecular weight excluding hydrogens is 228 g/mol. The number of pyridine rings is 1. The lowest BCUT2D eigenvalue weighted by Crippen LogP contribution is -2.33. The highest BCUT2D eigenvalue weighted by Crippen LogP contribution is 2.10. The van der Waals surface area contributed by atoms with Gasteiger partial charge in [0.05, 0.1) is 0 Å². The van der Waals surface area contributed by atoms with Gasteiger partial charge in [-0.25, -0.2) is 4.98 Å². The van der Waals surface area contributed by atoms with Crippen LogP contribution >= 0.6 is 0 Å². The van der Waals surface area contributed by atoms with Crippen LogP contribution in [0.2, 0.25) is 0 Å². The lowest BCUT2D eigenvalue weighted by Gasteiger charge is -2.20. The quantitative estimate of drug-likeness (QED) is 0.842. The number of amides is 1. The lowest BCUT2D eigenvalue weighted by atomic mass is 10.1. The summed E-state index contributed by atoms with van der Waals surface area (Å²) in [6.45, 7) is 3.52. The SMILES string of the molecule is CCc1cc(C(=O)N(C)CCN(C)C)cc(N)n1. The Balaban J connectivity index is 2.79. The number of rotatable bonds is 5. The Morgan fingerprint density at radius 2 is 1.94 bits per heavy atom. The molecule has 0 aliphatic rings. The fourth-order valence-electron chi connectivity index (χ4n) is 1.59. The number of likely N-dealkylation sites (N-methyl/N-ethyl adjacent to an activating group) is 2. The van der Waals surface area contributed by atoms with Crippen molar-refractivity contribution < 1.29 is 4.79 Å². The second-order valence-corrected chi connectivity index (χ2v) is 4.66. The van der Waals surface area contributed by atoms with Gasteiger partial charge >= 0.3 is 0 Å². The Kier molecular flexibility index (Phi) is 5.09. The first-order valence-corrected chi connectivity index (χ1v) is 6.10. The number of carbonyl (C=O) groups excluding carboxylic acids is 1. The smallest absolute Gasteiger partial charge is 0.253 e. The third kappa shape index (κ3) is 4.00. The highest BCUT2D eigenvalue weighted by molar-refractivity contribution is 5.94. The maximum Gasteiger partial charge on any atom is 0.253 e. The highest BCUT2D eigenvalue weighted by Gasteiger charge is 2.13. The fraction of sp³-hybridized carbons (Fsp3) is 0.538. The second-order valence-electron chi connectivity index (χ2n) is 4.66. The normalized spacial score (nSPS) is 10.7. The molecule has 2 N–H and O–H groups in total. The van der Waals surface area contributed by atoms with Crippen LogP contribution in [0.4, 0.5) is 5.82 Å². The summed E-state index contributed by atoms with van der Waals surface area (Å²) in [6, 6.07) is 3.44. The van der Waals surface area contributed by atoms with Crippen molar-refractivity contribution in [3.8, 4) is 0 Å². The van der Waals surface area contributed by atoms with Gasteiger partial charge in [-0.1, -0.05) is 6.92 Å². The van der Waals surface area contributed by atoms with Crippen LogP contribution < -0.4 is 5.73 Å². The van der Waals surface area contributed by atoms with E-state index < -0.39 is 0 Å². The summed E-state index contributed by atoms with van der Waals surface area (Å²) in [5, 5.41) is 0. The Bertz CT molecular complexity index is 417. The van der Waals surface area contributed by atoms with Gasteiger partial charge < -0.3 is 15.5 Å². The number of aromatic nitrogens is 1. The lowest BCUT2D eigenvalue weighted by molar-refractivity contribution is 0.0786. The van der Waals surface area contributed by atoms with Crippen LogP contribution in [0.25, 0.3) is 0 Å². The number of nitrogen functional groups attached to an aromatic ring is 1. The van der Waals surface area contributed by atoms with Crippen molar-refractivity contribution in [1.29, 1.82) is 0 Å². The number of nitrogens with zero attached hydrogens (tertiary/aromatic N) is 3. The van der Waals surface area contributed by atoms with Crippen LogP contribution in [-0.2, 0) is 6.42 Å². The van der Waals surface area contributed by atoms with Crippen molar-refractivity contribution >= 4 is 11.7 Å². The molecule has 1 aromatic rings. The predicted molar refractivity (Wildman–Crippen MR) is 73.5 cm³/mol. The number of aryl methyl sites for hydroxylation is 1. The highest BCUT2D eigenvalue weighted by atomic mass is 16.2. The second kappa shape index (κ2) is 6.35. The summed E-state index contributed by atoms with van der Waals surface area (Å²) in [6.07, 6.45) is 0.771. The largest absolute Gasteiger partial charge is 0.384 e. The molecule has 0 fully saturated rings. The average molecular weight is 250 g/mol. The monoisotopic (exact) mass is 250 g/mol. The van der Waals surface area contributed by atoms with Gasteiger partial charge in [0.25, 0.3) is 5.91 Å². The van der Waals surface area contributed by atoms with Gasteiger partial charge in [0, 0.05) is 31.4 Å². The van der Waals surface area contributed by atoms with Gasteiger partial charge in [0.1, 0.15) is 5.82 Å². The third-order valence-electron chi connectivity index (χ3n) is 2.74. The molecule has 0 aliphatic carbocycles. The van der Waals surface area contributed by atoms with Crippen molar-refractivity contribution in [3.63, 3.8) is 0 Å². The zero-order valence-electron chi connectivity index (χ0n) is 11.6. The van der Waals surface area contributed by atoms with Crippen LogP contribution in [0.1, 0.15) is 23.0 Å². The summed E-state index contributed by atoms with van der Waals surface area (Å²) >= 11 is 0. The Morgan fingerprint density at radius 3 is 2.50 bits per heavy atom. The predicted octanol–water partition coefficient (Wildman–Crippen LogP) is 0.860. The zero-order valence-corrected chi connectivity index (χ0v) is 11.6. The van der Waals surface area contributed by atoms with Gasteiger partial charge in [0.2, 0.25) is 0 Å². The van der Waals surface area contributed by atoms with E-state index in [1.165, 1.54) is 0 Å². The zero-order chi connectivity index (χ0) is 13.7. The van der Waals surface area contributed by atoms with Crippen LogP contribution in [0.15, 0.2) is 12.1 Å². The molecule has 1 heterocycles.